The summed E-state index contributed by atoms with van der Waals surface area (Å²) >= 11 is 5.43. The molecule has 0 atom stereocenters. The van der Waals surface area contributed by atoms with Gasteiger partial charge in [-0.05, 0) is 19.9 Å². The van der Waals surface area contributed by atoms with E-state index in [9.17, 15) is 0 Å². The molecule has 0 aromatic rings. The monoisotopic (exact) mass is 132 g/mol. The normalized spacial score (nSPS) is 8.43. The van der Waals surface area contributed by atoms with Crippen molar-refractivity contribution in [1.82, 2.24) is 0 Å². The van der Waals surface area contributed by atoms with Gasteiger partial charge in [0.25, 0.3) is 0 Å². The summed E-state index contributed by atoms with van der Waals surface area (Å²) in [6.45, 7) is 4.16. The Morgan fingerprint density at radius 3 is 2.43 bits per heavy atom. The Morgan fingerprint density at radius 1 is 1.71 bits per heavy atom. The molecule has 0 aromatic heterocycles. The van der Waals surface area contributed by atoms with Crippen LogP contribution in [-0.2, 0) is 0 Å². The third kappa shape index (κ3) is 6.25. The Kier molecular flexibility index (Phi) is 4.56. The van der Waals surface area contributed by atoms with Crippen molar-refractivity contribution in [2.45, 2.75) is 19.9 Å². The van der Waals surface area contributed by atoms with Crippen LogP contribution < -0.4 is 0 Å². The maximum atomic E-state index is 5.43. The van der Waals surface area contributed by atoms with Gasteiger partial charge in [0.1, 0.15) is 0 Å². The van der Waals surface area contributed by atoms with E-state index >= 15 is 0 Å². The number of halogens is 1. The second-order valence-electron chi connectivity index (χ2n) is 1.62. The second kappa shape index (κ2) is 4.41. The van der Waals surface area contributed by atoms with Gasteiger partial charge in [-0.3, -0.25) is 0 Å². The fourth-order valence-corrected chi connectivity index (χ4v) is 0.960. The molecule has 0 N–H and O–H groups in total. The molecule has 0 aromatic carbocycles. The summed E-state index contributed by atoms with van der Waals surface area (Å²) in [4.78, 5) is 0. The van der Waals surface area contributed by atoms with Gasteiger partial charge < -0.3 is 0 Å². The van der Waals surface area contributed by atoms with Gasteiger partial charge in [0.05, 0.1) is 0 Å². The molecule has 40 valence electrons. The summed E-state index contributed by atoms with van der Waals surface area (Å²) in [5.74, 6) is 0. The van der Waals surface area contributed by atoms with Crippen molar-refractivity contribution in [3.05, 3.63) is 11.6 Å². The molecule has 0 heterocycles. The van der Waals surface area contributed by atoms with Crippen LogP contribution in [-0.4, -0.2) is 8.83 Å². The van der Waals surface area contributed by atoms with E-state index in [1.807, 2.05) is 0 Å². The summed E-state index contributed by atoms with van der Waals surface area (Å²) in [5, 5.41) is 0. The molecule has 2 radical (unpaired) electrons. The SMILES string of the molecule is CC(C)=CC[Si]Cl. The van der Waals surface area contributed by atoms with Gasteiger partial charge >= 0.3 is 0 Å². The van der Waals surface area contributed by atoms with Crippen LogP contribution in [0, 0.1) is 0 Å². The van der Waals surface area contributed by atoms with Crippen molar-refractivity contribution < 1.29 is 0 Å². The van der Waals surface area contributed by atoms with Crippen LogP contribution >= 0.6 is 11.1 Å². The summed E-state index contributed by atoms with van der Waals surface area (Å²) in [7, 11) is 0.546. The van der Waals surface area contributed by atoms with Crippen LogP contribution in [0.3, 0.4) is 0 Å². The van der Waals surface area contributed by atoms with Gasteiger partial charge in [0.15, 0.2) is 8.83 Å². The highest BCUT2D eigenvalue weighted by Gasteiger charge is 1.77. The van der Waals surface area contributed by atoms with Crippen molar-refractivity contribution in [2.24, 2.45) is 0 Å². The maximum Gasteiger partial charge on any atom is 0.175 e. The van der Waals surface area contributed by atoms with Crippen molar-refractivity contribution >= 4 is 19.9 Å². The molecular formula is C5H9ClSi. The van der Waals surface area contributed by atoms with Gasteiger partial charge in [0.2, 0.25) is 0 Å². The molecule has 7 heavy (non-hydrogen) atoms. The van der Waals surface area contributed by atoms with Crippen LogP contribution in [0.25, 0.3) is 0 Å². The summed E-state index contributed by atoms with van der Waals surface area (Å²) < 4.78 is 0. The van der Waals surface area contributed by atoms with E-state index in [2.05, 4.69) is 19.9 Å². The lowest BCUT2D eigenvalue weighted by molar-refractivity contribution is 1.36. The number of allylic oxidation sites excluding steroid dienone is 2. The van der Waals surface area contributed by atoms with E-state index in [4.69, 9.17) is 11.1 Å². The molecule has 0 nitrogen and oxygen atoms in total. The van der Waals surface area contributed by atoms with Crippen molar-refractivity contribution in [1.29, 1.82) is 0 Å². The van der Waals surface area contributed by atoms with Crippen LogP contribution in [0.4, 0.5) is 0 Å². The van der Waals surface area contributed by atoms with Gasteiger partial charge in [-0.25, -0.2) is 0 Å². The molecule has 0 bridgehead atoms. The van der Waals surface area contributed by atoms with E-state index in [1.54, 1.807) is 0 Å². The first-order valence-electron chi connectivity index (χ1n) is 2.24. The summed E-state index contributed by atoms with van der Waals surface area (Å²) in [6, 6.07) is 1.03. The van der Waals surface area contributed by atoms with Crippen LogP contribution in [0.1, 0.15) is 13.8 Å². The molecular weight excluding hydrogens is 124 g/mol. The minimum Gasteiger partial charge on any atom is -0.171 e. The third-order valence-electron chi connectivity index (χ3n) is 0.587. The Labute approximate surface area is 52.1 Å². The maximum absolute atomic E-state index is 5.43. The lowest BCUT2D eigenvalue weighted by Crippen LogP contribution is -1.71. The zero-order chi connectivity index (χ0) is 5.70. The Bertz CT molecular complexity index is 64.5. The Hall–Kier alpha value is 0.247. The van der Waals surface area contributed by atoms with Crippen molar-refractivity contribution in [2.75, 3.05) is 0 Å². The summed E-state index contributed by atoms with van der Waals surface area (Å²) in [5.41, 5.74) is 1.35. The number of rotatable bonds is 2. The number of hydrogen-bond acceptors (Lipinski definition) is 0. The molecule has 0 fully saturated rings. The van der Waals surface area contributed by atoms with Gasteiger partial charge in [0, 0.05) is 0 Å². The van der Waals surface area contributed by atoms with Gasteiger partial charge in [-0.15, -0.1) is 0 Å². The van der Waals surface area contributed by atoms with E-state index in [0.29, 0.717) is 8.83 Å². The minimum absolute atomic E-state index is 0.546. The van der Waals surface area contributed by atoms with Crippen LogP contribution in [0.5, 0.6) is 0 Å². The first kappa shape index (κ1) is 7.25. The lowest BCUT2D eigenvalue weighted by Gasteiger charge is -1.82. The number of hydrogen-bond donors (Lipinski definition) is 0. The van der Waals surface area contributed by atoms with E-state index < -0.39 is 0 Å². The standard InChI is InChI=1S/C5H9ClSi/c1-5(2)3-4-7-6/h3H,4H2,1-2H3. The van der Waals surface area contributed by atoms with E-state index in [1.165, 1.54) is 5.57 Å². The third-order valence-corrected chi connectivity index (χ3v) is 1.41. The zero-order valence-electron chi connectivity index (χ0n) is 4.66. The highest BCUT2D eigenvalue weighted by molar-refractivity contribution is 6.93. The molecule has 0 aliphatic heterocycles. The first-order valence-corrected chi connectivity index (χ1v) is 4.46. The van der Waals surface area contributed by atoms with Crippen LogP contribution in [0.15, 0.2) is 11.6 Å². The van der Waals surface area contributed by atoms with E-state index in [-0.39, 0.29) is 0 Å². The molecule has 0 unspecified atom stereocenters. The smallest absolute Gasteiger partial charge is 0.171 e. The Balaban J connectivity index is 3.08. The van der Waals surface area contributed by atoms with Gasteiger partial charge in [-0.2, -0.15) is 11.1 Å². The van der Waals surface area contributed by atoms with Crippen molar-refractivity contribution in [3.63, 3.8) is 0 Å². The fraction of sp³-hybridized carbons (Fsp3) is 0.600. The first-order chi connectivity index (χ1) is 3.27. The molecule has 0 spiro atoms. The predicted octanol–water partition coefficient (Wildman–Crippen LogP) is 2.23. The zero-order valence-corrected chi connectivity index (χ0v) is 6.42. The highest BCUT2D eigenvalue weighted by Crippen LogP contribution is 1.92. The fourth-order valence-electron chi connectivity index (χ4n) is 0.243. The quantitative estimate of drug-likeness (QED) is 0.307. The van der Waals surface area contributed by atoms with E-state index in [0.717, 1.165) is 6.04 Å². The molecule has 0 saturated carbocycles. The predicted molar refractivity (Wildman–Crippen MR) is 35.8 cm³/mol. The summed E-state index contributed by atoms with van der Waals surface area (Å²) in [6.07, 6.45) is 2.14. The molecule has 2 heteroatoms. The molecule has 0 saturated heterocycles. The second-order valence-corrected chi connectivity index (χ2v) is 3.10. The molecule has 0 aliphatic carbocycles. The van der Waals surface area contributed by atoms with Gasteiger partial charge in [-0.1, -0.05) is 11.6 Å². The topological polar surface area (TPSA) is 0 Å². The Morgan fingerprint density at radius 2 is 2.29 bits per heavy atom. The highest BCUT2D eigenvalue weighted by atomic mass is 35.6. The van der Waals surface area contributed by atoms with Crippen molar-refractivity contribution in [3.8, 4) is 0 Å². The average molecular weight is 133 g/mol. The molecule has 0 amide bonds. The molecule has 0 rings (SSSR count). The lowest BCUT2D eigenvalue weighted by atomic mass is 10.3. The van der Waals surface area contributed by atoms with Crippen LogP contribution in [0.2, 0.25) is 6.04 Å². The largest absolute Gasteiger partial charge is 0.175 e. The average Bonchev–Trinajstić information content (AvgIpc) is 1.61. The minimum atomic E-state index is 0.546. The molecule has 0 aliphatic rings.